The zero-order valence-electron chi connectivity index (χ0n) is 12.4. The van der Waals surface area contributed by atoms with E-state index >= 15 is 0 Å². The third-order valence-corrected chi connectivity index (χ3v) is 3.98. The quantitative estimate of drug-likeness (QED) is 0.817. The van der Waals surface area contributed by atoms with Gasteiger partial charge in [-0.3, -0.25) is 4.68 Å². The van der Waals surface area contributed by atoms with Gasteiger partial charge in [-0.15, -0.1) is 0 Å². The van der Waals surface area contributed by atoms with Gasteiger partial charge in [0.2, 0.25) is 0 Å². The van der Waals surface area contributed by atoms with Gasteiger partial charge in [0.05, 0.1) is 0 Å². The summed E-state index contributed by atoms with van der Waals surface area (Å²) in [5.41, 5.74) is 2.37. The van der Waals surface area contributed by atoms with Crippen molar-refractivity contribution in [3.8, 4) is 0 Å². The first-order chi connectivity index (χ1) is 10.1. The number of hydrogen-bond acceptors (Lipinski definition) is 2. The van der Waals surface area contributed by atoms with Crippen molar-refractivity contribution in [1.82, 2.24) is 15.1 Å². The van der Waals surface area contributed by atoms with Crippen molar-refractivity contribution in [3.05, 3.63) is 51.8 Å². The van der Waals surface area contributed by atoms with Gasteiger partial charge in [-0.05, 0) is 55.6 Å². The molecule has 114 valence electrons. The molecule has 0 amide bonds. The van der Waals surface area contributed by atoms with Crippen LogP contribution in [-0.2, 0) is 13.5 Å². The Balaban J connectivity index is 2.11. The summed E-state index contributed by atoms with van der Waals surface area (Å²) in [6.45, 7) is 3.14. The van der Waals surface area contributed by atoms with Gasteiger partial charge >= 0.3 is 0 Å². The first kappa shape index (κ1) is 16.3. The zero-order valence-corrected chi connectivity index (χ0v) is 14.0. The molecule has 0 aliphatic heterocycles. The average Bonchev–Trinajstić information content (AvgIpc) is 2.83. The van der Waals surface area contributed by atoms with Gasteiger partial charge in [0, 0.05) is 35.0 Å². The maximum Gasteiger partial charge on any atom is 0.0492 e. The van der Waals surface area contributed by atoms with Crippen LogP contribution in [-0.4, -0.2) is 16.3 Å². The third-order valence-electron chi connectivity index (χ3n) is 3.54. The van der Waals surface area contributed by atoms with Crippen LogP contribution in [0.15, 0.2) is 30.5 Å². The second kappa shape index (κ2) is 7.83. The van der Waals surface area contributed by atoms with E-state index in [4.69, 9.17) is 23.2 Å². The smallest absolute Gasteiger partial charge is 0.0492 e. The second-order valence-corrected chi connectivity index (χ2v) is 6.07. The van der Waals surface area contributed by atoms with Gasteiger partial charge in [0.1, 0.15) is 0 Å². The Morgan fingerprint density at radius 3 is 2.52 bits per heavy atom. The van der Waals surface area contributed by atoms with Crippen molar-refractivity contribution >= 4 is 23.2 Å². The lowest BCUT2D eigenvalue weighted by atomic mass is 10.0. The molecule has 21 heavy (non-hydrogen) atoms. The van der Waals surface area contributed by atoms with Crippen LogP contribution in [0.2, 0.25) is 10.0 Å². The van der Waals surface area contributed by atoms with Gasteiger partial charge < -0.3 is 5.32 Å². The van der Waals surface area contributed by atoms with Crippen LogP contribution in [0, 0.1) is 0 Å². The van der Waals surface area contributed by atoms with Gasteiger partial charge in [-0.2, -0.15) is 5.10 Å². The van der Waals surface area contributed by atoms with Crippen molar-refractivity contribution in [3.63, 3.8) is 0 Å². The maximum atomic E-state index is 6.13. The number of benzene rings is 1. The molecule has 0 spiro atoms. The topological polar surface area (TPSA) is 29.9 Å². The first-order valence-electron chi connectivity index (χ1n) is 7.26. The van der Waals surface area contributed by atoms with Crippen molar-refractivity contribution in [2.75, 3.05) is 6.54 Å². The van der Waals surface area contributed by atoms with E-state index in [-0.39, 0.29) is 6.04 Å². The summed E-state index contributed by atoms with van der Waals surface area (Å²) in [4.78, 5) is 0. The molecule has 0 aliphatic rings. The third kappa shape index (κ3) is 4.73. The summed E-state index contributed by atoms with van der Waals surface area (Å²) in [5, 5.41) is 9.15. The van der Waals surface area contributed by atoms with E-state index in [0.717, 1.165) is 31.4 Å². The van der Waals surface area contributed by atoms with Gasteiger partial charge in [0.15, 0.2) is 0 Å². The molecule has 1 N–H and O–H groups in total. The summed E-state index contributed by atoms with van der Waals surface area (Å²) in [6.07, 6.45) is 4.87. The fourth-order valence-corrected chi connectivity index (χ4v) is 2.96. The summed E-state index contributed by atoms with van der Waals surface area (Å²) in [7, 11) is 1.97. The average molecular weight is 326 g/mol. The second-order valence-electron chi connectivity index (χ2n) is 5.19. The molecule has 0 bridgehead atoms. The molecule has 0 radical (unpaired) electrons. The van der Waals surface area contributed by atoms with Crippen molar-refractivity contribution in [1.29, 1.82) is 0 Å². The fourth-order valence-electron chi connectivity index (χ4n) is 2.42. The highest BCUT2D eigenvalue weighted by molar-refractivity contribution is 6.34. The molecule has 0 aliphatic carbocycles. The van der Waals surface area contributed by atoms with Crippen LogP contribution in [0.25, 0.3) is 0 Å². The molecule has 2 aromatic rings. The lowest BCUT2D eigenvalue weighted by Gasteiger charge is -2.19. The lowest BCUT2D eigenvalue weighted by molar-refractivity contribution is 0.491. The molecule has 1 unspecified atom stereocenters. The van der Waals surface area contributed by atoms with E-state index in [0.29, 0.717) is 10.0 Å². The Morgan fingerprint density at radius 2 is 1.95 bits per heavy atom. The fraction of sp³-hybridized carbons (Fsp3) is 0.438. The highest BCUT2D eigenvalue weighted by Gasteiger charge is 2.13. The number of aromatic nitrogens is 2. The van der Waals surface area contributed by atoms with E-state index < -0.39 is 0 Å². The van der Waals surface area contributed by atoms with Crippen LogP contribution in [0.5, 0.6) is 0 Å². The molecule has 1 aromatic carbocycles. The Kier molecular flexibility index (Phi) is 6.09. The standard InChI is InChI=1S/C16H21Cl2N3/c1-3-7-19-16(5-4-15-6-8-20-21(15)2)12-9-13(17)11-14(18)10-12/h6,8-11,16,19H,3-5,7H2,1-2H3. The number of rotatable bonds is 7. The summed E-state index contributed by atoms with van der Waals surface area (Å²) < 4.78 is 1.92. The number of nitrogens with zero attached hydrogens (tertiary/aromatic N) is 2. The largest absolute Gasteiger partial charge is 0.310 e. The molecular formula is C16H21Cl2N3. The summed E-state index contributed by atoms with van der Waals surface area (Å²) in [5.74, 6) is 0. The highest BCUT2D eigenvalue weighted by Crippen LogP contribution is 2.26. The molecule has 0 fully saturated rings. The van der Waals surface area contributed by atoms with Gasteiger partial charge in [-0.25, -0.2) is 0 Å². The molecule has 1 aromatic heterocycles. The van der Waals surface area contributed by atoms with Crippen LogP contribution in [0.3, 0.4) is 0 Å². The van der Waals surface area contributed by atoms with E-state index in [9.17, 15) is 0 Å². The Morgan fingerprint density at radius 1 is 1.24 bits per heavy atom. The minimum atomic E-state index is 0.246. The Hall–Kier alpha value is -1.03. The number of aryl methyl sites for hydroxylation is 2. The normalized spacial score (nSPS) is 12.6. The maximum absolute atomic E-state index is 6.13. The molecule has 3 nitrogen and oxygen atoms in total. The van der Waals surface area contributed by atoms with Crippen LogP contribution in [0.1, 0.15) is 37.1 Å². The zero-order chi connectivity index (χ0) is 15.2. The lowest BCUT2D eigenvalue weighted by Crippen LogP contribution is -2.23. The van der Waals surface area contributed by atoms with Crippen molar-refractivity contribution < 1.29 is 0 Å². The Labute approximate surface area is 136 Å². The van der Waals surface area contributed by atoms with E-state index in [1.165, 1.54) is 5.69 Å². The minimum absolute atomic E-state index is 0.246. The predicted octanol–water partition coefficient (Wildman–Crippen LogP) is 4.40. The summed E-state index contributed by atoms with van der Waals surface area (Å²) in [6, 6.07) is 8.05. The molecule has 1 atom stereocenters. The van der Waals surface area contributed by atoms with E-state index in [1.807, 2.05) is 30.1 Å². The summed E-state index contributed by atoms with van der Waals surface area (Å²) >= 11 is 12.3. The minimum Gasteiger partial charge on any atom is -0.310 e. The number of hydrogen-bond donors (Lipinski definition) is 1. The monoisotopic (exact) mass is 325 g/mol. The van der Waals surface area contributed by atoms with Crippen LogP contribution >= 0.6 is 23.2 Å². The molecule has 0 saturated heterocycles. The van der Waals surface area contributed by atoms with Crippen molar-refractivity contribution in [2.45, 2.75) is 32.2 Å². The van der Waals surface area contributed by atoms with E-state index in [2.05, 4.69) is 23.4 Å². The number of halogens is 2. The number of nitrogens with one attached hydrogen (secondary N) is 1. The van der Waals surface area contributed by atoms with Crippen LogP contribution < -0.4 is 5.32 Å². The molecule has 2 rings (SSSR count). The molecule has 5 heteroatoms. The predicted molar refractivity (Wildman–Crippen MR) is 89.0 cm³/mol. The van der Waals surface area contributed by atoms with Crippen LogP contribution in [0.4, 0.5) is 0 Å². The van der Waals surface area contributed by atoms with Gasteiger partial charge in [0.25, 0.3) is 0 Å². The van der Waals surface area contributed by atoms with Gasteiger partial charge in [-0.1, -0.05) is 30.1 Å². The first-order valence-corrected chi connectivity index (χ1v) is 8.02. The SMILES string of the molecule is CCCNC(CCc1ccnn1C)c1cc(Cl)cc(Cl)c1. The van der Waals surface area contributed by atoms with Crippen molar-refractivity contribution in [2.24, 2.45) is 7.05 Å². The molecule has 1 heterocycles. The highest BCUT2D eigenvalue weighted by atomic mass is 35.5. The molecular weight excluding hydrogens is 305 g/mol. The Bertz CT molecular complexity index is 560. The molecule has 0 saturated carbocycles. The van der Waals surface area contributed by atoms with E-state index in [1.54, 1.807) is 6.07 Å².